The van der Waals surface area contributed by atoms with Gasteiger partial charge in [0.25, 0.3) is 0 Å². The number of hydrogen-bond donors (Lipinski definition) is 2. The van der Waals surface area contributed by atoms with E-state index in [1.165, 1.54) is 6.26 Å². The Morgan fingerprint density at radius 3 is 2.42 bits per heavy atom. The van der Waals surface area contributed by atoms with Crippen molar-refractivity contribution in [2.75, 3.05) is 17.3 Å². The van der Waals surface area contributed by atoms with E-state index in [4.69, 9.17) is 12.2 Å². The van der Waals surface area contributed by atoms with Crippen LogP contribution >= 0.6 is 25.7 Å². The molecule has 19 heavy (non-hydrogen) atoms. The Kier molecular flexibility index (Phi) is 8.05. The fraction of sp³-hybridized carbons (Fsp3) is 0.417. The molecular formula is C12H20N2O2S3. The van der Waals surface area contributed by atoms with Gasteiger partial charge in [-0.25, -0.2) is 8.42 Å². The predicted octanol–water partition coefficient (Wildman–Crippen LogP) is 1.91. The van der Waals surface area contributed by atoms with Gasteiger partial charge in [-0.2, -0.15) is 13.5 Å². The summed E-state index contributed by atoms with van der Waals surface area (Å²) in [7, 11) is -2.92. The molecule has 0 spiro atoms. The van der Waals surface area contributed by atoms with Crippen LogP contribution in [-0.2, 0) is 9.84 Å². The lowest BCUT2D eigenvalue weighted by atomic mass is 10.3. The molecule has 1 aromatic carbocycles. The van der Waals surface area contributed by atoms with Gasteiger partial charge in [0, 0.05) is 18.0 Å². The standard InChI is InChI=1S/C12H18N2O2S2.H2S/c1-10(8-9-18(2,15)16)13-12(17)14-11-6-4-3-5-7-11;/h3-7,10H,8-9H2,1-2H3,(H2,13,14,17);1H2/t10-;/m0./s1. The molecule has 2 N–H and O–H groups in total. The summed E-state index contributed by atoms with van der Waals surface area (Å²) in [6.07, 6.45) is 1.77. The summed E-state index contributed by atoms with van der Waals surface area (Å²) >= 11 is 5.15. The van der Waals surface area contributed by atoms with Crippen LogP contribution in [0.25, 0.3) is 0 Å². The second-order valence-corrected chi connectivity index (χ2v) is 6.95. The minimum Gasteiger partial charge on any atom is -0.360 e. The lowest BCUT2D eigenvalue weighted by Crippen LogP contribution is -2.36. The van der Waals surface area contributed by atoms with Crippen LogP contribution in [0.15, 0.2) is 30.3 Å². The molecule has 0 aliphatic carbocycles. The van der Waals surface area contributed by atoms with Crippen LogP contribution in [0.3, 0.4) is 0 Å². The van der Waals surface area contributed by atoms with Crippen molar-refractivity contribution in [2.45, 2.75) is 19.4 Å². The van der Waals surface area contributed by atoms with Gasteiger partial charge < -0.3 is 10.6 Å². The van der Waals surface area contributed by atoms with Crippen molar-refractivity contribution in [1.29, 1.82) is 0 Å². The van der Waals surface area contributed by atoms with E-state index in [1.54, 1.807) is 0 Å². The van der Waals surface area contributed by atoms with E-state index in [1.807, 2.05) is 37.3 Å². The largest absolute Gasteiger partial charge is 0.360 e. The van der Waals surface area contributed by atoms with Crippen molar-refractivity contribution >= 4 is 46.4 Å². The van der Waals surface area contributed by atoms with Crippen LogP contribution in [0.4, 0.5) is 5.69 Å². The van der Waals surface area contributed by atoms with Gasteiger partial charge in [-0.3, -0.25) is 0 Å². The molecule has 1 atom stereocenters. The number of thiocarbonyl (C=S) groups is 1. The SMILES string of the molecule is C[C@@H](CCS(C)(=O)=O)NC(=S)Nc1ccccc1.S. The first-order chi connectivity index (χ1) is 8.37. The highest BCUT2D eigenvalue weighted by molar-refractivity contribution is 7.90. The highest BCUT2D eigenvalue weighted by atomic mass is 32.2. The molecule has 0 aliphatic rings. The quantitative estimate of drug-likeness (QED) is 0.812. The number of para-hydroxylation sites is 1. The number of sulfone groups is 1. The van der Waals surface area contributed by atoms with Crippen LogP contribution in [0.1, 0.15) is 13.3 Å². The van der Waals surface area contributed by atoms with Gasteiger partial charge in [-0.05, 0) is 37.7 Å². The van der Waals surface area contributed by atoms with Crippen LogP contribution in [0.2, 0.25) is 0 Å². The lowest BCUT2D eigenvalue weighted by molar-refractivity contribution is 0.585. The van der Waals surface area contributed by atoms with Crippen molar-refractivity contribution in [3.63, 3.8) is 0 Å². The highest BCUT2D eigenvalue weighted by Gasteiger charge is 2.08. The zero-order valence-electron chi connectivity index (χ0n) is 11.0. The number of benzene rings is 1. The maximum absolute atomic E-state index is 11.0. The molecule has 0 bridgehead atoms. The van der Waals surface area contributed by atoms with Crippen LogP contribution in [0, 0.1) is 0 Å². The molecule has 1 aromatic rings. The monoisotopic (exact) mass is 320 g/mol. The molecule has 0 saturated heterocycles. The van der Waals surface area contributed by atoms with Gasteiger partial charge in [0.1, 0.15) is 9.84 Å². The van der Waals surface area contributed by atoms with Crippen molar-refractivity contribution in [2.24, 2.45) is 0 Å². The summed E-state index contributed by atoms with van der Waals surface area (Å²) in [4.78, 5) is 0. The number of hydrogen-bond acceptors (Lipinski definition) is 3. The topological polar surface area (TPSA) is 58.2 Å². The molecule has 7 heteroatoms. The van der Waals surface area contributed by atoms with E-state index in [-0.39, 0.29) is 25.3 Å². The Balaban J connectivity index is 0.00000324. The third-order valence-corrected chi connectivity index (χ3v) is 3.53. The summed E-state index contributed by atoms with van der Waals surface area (Å²) in [5.41, 5.74) is 0.908. The second-order valence-electron chi connectivity index (χ2n) is 4.28. The Hall–Kier alpha value is -0.790. The van der Waals surface area contributed by atoms with Crippen LogP contribution in [0.5, 0.6) is 0 Å². The fourth-order valence-corrected chi connectivity index (χ4v) is 2.48. The zero-order chi connectivity index (χ0) is 13.6. The number of rotatable bonds is 5. The first-order valence-corrected chi connectivity index (χ1v) is 8.14. The van der Waals surface area contributed by atoms with Gasteiger partial charge in [0.15, 0.2) is 5.11 Å². The van der Waals surface area contributed by atoms with E-state index in [2.05, 4.69) is 10.6 Å². The molecule has 108 valence electrons. The van der Waals surface area contributed by atoms with Gasteiger partial charge in [-0.15, -0.1) is 0 Å². The first kappa shape index (κ1) is 18.2. The van der Waals surface area contributed by atoms with Gasteiger partial charge in [0.2, 0.25) is 0 Å². The Morgan fingerprint density at radius 1 is 1.32 bits per heavy atom. The maximum atomic E-state index is 11.0. The summed E-state index contributed by atoms with van der Waals surface area (Å²) in [6.45, 7) is 1.91. The molecule has 0 aliphatic heterocycles. The van der Waals surface area contributed by atoms with E-state index in [9.17, 15) is 8.42 Å². The molecule has 0 saturated carbocycles. The van der Waals surface area contributed by atoms with Crippen molar-refractivity contribution in [1.82, 2.24) is 5.32 Å². The predicted molar refractivity (Wildman–Crippen MR) is 90.0 cm³/mol. The van der Waals surface area contributed by atoms with Gasteiger partial charge >= 0.3 is 0 Å². The Morgan fingerprint density at radius 2 is 1.89 bits per heavy atom. The molecule has 0 amide bonds. The molecule has 0 heterocycles. The molecule has 4 nitrogen and oxygen atoms in total. The number of anilines is 1. The number of nitrogens with one attached hydrogen (secondary N) is 2. The van der Waals surface area contributed by atoms with Gasteiger partial charge in [0.05, 0.1) is 5.75 Å². The Bertz CT molecular complexity index is 489. The van der Waals surface area contributed by atoms with E-state index in [0.29, 0.717) is 11.5 Å². The minimum absolute atomic E-state index is 0. The average molecular weight is 321 g/mol. The summed E-state index contributed by atoms with van der Waals surface area (Å²) in [5.74, 6) is 0.162. The van der Waals surface area contributed by atoms with E-state index < -0.39 is 9.84 Å². The molecular weight excluding hydrogens is 300 g/mol. The van der Waals surface area contributed by atoms with Crippen molar-refractivity contribution in [3.05, 3.63) is 30.3 Å². The minimum atomic E-state index is -2.92. The third kappa shape index (κ3) is 8.85. The first-order valence-electron chi connectivity index (χ1n) is 5.67. The zero-order valence-corrected chi connectivity index (χ0v) is 13.6. The van der Waals surface area contributed by atoms with E-state index >= 15 is 0 Å². The molecule has 1 rings (SSSR count). The lowest BCUT2D eigenvalue weighted by Gasteiger charge is -2.16. The molecule has 0 radical (unpaired) electrons. The summed E-state index contributed by atoms with van der Waals surface area (Å²) < 4.78 is 22.1. The highest BCUT2D eigenvalue weighted by Crippen LogP contribution is 2.05. The summed E-state index contributed by atoms with van der Waals surface area (Å²) in [6, 6.07) is 9.60. The second kappa shape index (κ2) is 8.39. The Labute approximate surface area is 127 Å². The van der Waals surface area contributed by atoms with Crippen molar-refractivity contribution in [3.8, 4) is 0 Å². The third-order valence-electron chi connectivity index (χ3n) is 2.33. The molecule has 0 fully saturated rings. The maximum Gasteiger partial charge on any atom is 0.170 e. The van der Waals surface area contributed by atoms with E-state index in [0.717, 1.165) is 5.69 Å². The smallest absolute Gasteiger partial charge is 0.170 e. The van der Waals surface area contributed by atoms with Crippen LogP contribution < -0.4 is 10.6 Å². The molecule has 0 unspecified atom stereocenters. The summed E-state index contributed by atoms with van der Waals surface area (Å²) in [5, 5.41) is 6.60. The van der Waals surface area contributed by atoms with Gasteiger partial charge in [-0.1, -0.05) is 18.2 Å². The molecule has 0 aromatic heterocycles. The normalized spacial score (nSPS) is 12.1. The average Bonchev–Trinajstić information content (AvgIpc) is 2.26. The van der Waals surface area contributed by atoms with Crippen molar-refractivity contribution < 1.29 is 8.42 Å². The fourth-order valence-electron chi connectivity index (χ4n) is 1.38. The van der Waals surface area contributed by atoms with Crippen LogP contribution in [-0.4, -0.2) is 31.6 Å².